The summed E-state index contributed by atoms with van der Waals surface area (Å²) in [5.41, 5.74) is 7.00. The average Bonchev–Trinajstić information content (AvgIpc) is 3.10. The van der Waals surface area contributed by atoms with Gasteiger partial charge >= 0.3 is 6.36 Å². The van der Waals surface area contributed by atoms with Gasteiger partial charge in [0.25, 0.3) is 0 Å². The van der Waals surface area contributed by atoms with Crippen molar-refractivity contribution >= 4 is 0 Å². The van der Waals surface area contributed by atoms with Crippen LogP contribution in [-0.2, 0) is 0 Å². The lowest BCUT2D eigenvalue weighted by Crippen LogP contribution is -2.18. The summed E-state index contributed by atoms with van der Waals surface area (Å²) >= 11 is 0. The Hall–Kier alpha value is -1.23. The fourth-order valence-electron chi connectivity index (χ4n) is 3.72. The zero-order valence-corrected chi connectivity index (χ0v) is 11.1. The summed E-state index contributed by atoms with van der Waals surface area (Å²) < 4.78 is 40.7. The number of ether oxygens (including phenoxy) is 1. The first-order chi connectivity index (χ1) is 9.46. The van der Waals surface area contributed by atoms with E-state index in [2.05, 4.69) is 4.74 Å². The van der Waals surface area contributed by atoms with E-state index in [1.807, 2.05) is 0 Å². The van der Waals surface area contributed by atoms with Crippen molar-refractivity contribution in [3.63, 3.8) is 0 Å². The lowest BCUT2D eigenvalue weighted by molar-refractivity contribution is -0.274. The Morgan fingerprint density at radius 1 is 1.15 bits per heavy atom. The van der Waals surface area contributed by atoms with Crippen LogP contribution in [0.4, 0.5) is 13.2 Å². The summed E-state index contributed by atoms with van der Waals surface area (Å²) in [6.07, 6.45) is 0.267. The van der Waals surface area contributed by atoms with Crippen molar-refractivity contribution in [3.05, 3.63) is 29.8 Å². The molecule has 2 N–H and O–H groups in total. The van der Waals surface area contributed by atoms with Crippen LogP contribution >= 0.6 is 0 Å². The third-order valence-corrected chi connectivity index (χ3v) is 4.61. The van der Waals surface area contributed by atoms with Crippen LogP contribution in [0.1, 0.15) is 37.3 Å². The van der Waals surface area contributed by atoms with Crippen LogP contribution in [-0.4, -0.2) is 6.36 Å². The second-order valence-electron chi connectivity index (χ2n) is 5.84. The van der Waals surface area contributed by atoms with Crippen LogP contribution in [0, 0.1) is 17.8 Å². The molecule has 20 heavy (non-hydrogen) atoms. The first-order valence-electron chi connectivity index (χ1n) is 7.07. The van der Waals surface area contributed by atoms with Gasteiger partial charge in [-0.1, -0.05) is 25.0 Å². The maximum absolute atomic E-state index is 12.2. The summed E-state index contributed by atoms with van der Waals surface area (Å²) in [5.74, 6) is 1.59. The summed E-state index contributed by atoms with van der Waals surface area (Å²) in [6.45, 7) is 0. The molecule has 3 atom stereocenters. The number of benzene rings is 1. The zero-order chi connectivity index (χ0) is 14.3. The number of hydrogen-bond acceptors (Lipinski definition) is 2. The molecule has 1 aromatic carbocycles. The molecule has 0 heterocycles. The number of rotatable bonds is 3. The van der Waals surface area contributed by atoms with Crippen molar-refractivity contribution in [2.45, 2.75) is 38.1 Å². The fraction of sp³-hybridized carbons (Fsp3) is 0.600. The standard InChI is InChI=1S/C15H18F3NO/c16-15(17,18)20-10-5-3-4-9(8-10)14(19)13-11-6-1-2-7-12(11)13/h3-5,8,11-14H,1-2,6-7,19H2. The van der Waals surface area contributed by atoms with Crippen LogP contribution in [0.2, 0.25) is 0 Å². The molecular weight excluding hydrogens is 267 g/mol. The lowest BCUT2D eigenvalue weighted by atomic mass is 10.0. The van der Waals surface area contributed by atoms with Gasteiger partial charge in [-0.05, 0) is 48.3 Å². The summed E-state index contributed by atoms with van der Waals surface area (Å²) in [4.78, 5) is 0. The van der Waals surface area contributed by atoms with Crippen molar-refractivity contribution in [2.24, 2.45) is 23.5 Å². The molecule has 0 bridgehead atoms. The van der Waals surface area contributed by atoms with E-state index < -0.39 is 6.36 Å². The lowest BCUT2D eigenvalue weighted by Gasteiger charge is -2.14. The van der Waals surface area contributed by atoms with Crippen LogP contribution in [0.3, 0.4) is 0 Å². The Morgan fingerprint density at radius 2 is 1.80 bits per heavy atom. The van der Waals surface area contributed by atoms with Gasteiger partial charge in [0, 0.05) is 6.04 Å². The first kappa shape index (κ1) is 13.7. The molecule has 2 aliphatic carbocycles. The normalized spacial score (nSPS) is 30.5. The van der Waals surface area contributed by atoms with E-state index in [4.69, 9.17) is 5.73 Å². The minimum atomic E-state index is -4.66. The molecule has 0 amide bonds. The molecule has 5 heteroatoms. The molecule has 1 aromatic rings. The highest BCUT2D eigenvalue weighted by molar-refractivity contribution is 5.32. The van der Waals surface area contributed by atoms with Gasteiger partial charge in [0.05, 0.1) is 0 Å². The van der Waals surface area contributed by atoms with Gasteiger partial charge in [-0.3, -0.25) is 0 Å². The van der Waals surface area contributed by atoms with Gasteiger partial charge in [0.15, 0.2) is 0 Å². The maximum Gasteiger partial charge on any atom is 0.573 e. The van der Waals surface area contributed by atoms with E-state index in [-0.39, 0.29) is 11.8 Å². The number of fused-ring (bicyclic) bond motifs is 1. The van der Waals surface area contributed by atoms with Gasteiger partial charge in [0.1, 0.15) is 5.75 Å². The van der Waals surface area contributed by atoms with E-state index in [9.17, 15) is 13.2 Å². The minimum absolute atomic E-state index is 0.181. The van der Waals surface area contributed by atoms with Crippen molar-refractivity contribution < 1.29 is 17.9 Å². The van der Waals surface area contributed by atoms with Crippen molar-refractivity contribution in [2.75, 3.05) is 0 Å². The minimum Gasteiger partial charge on any atom is -0.406 e. The predicted octanol–water partition coefficient (Wildman–Crippen LogP) is 4.02. The SMILES string of the molecule is NC(c1cccc(OC(F)(F)F)c1)C1C2CCCCC21. The third-order valence-electron chi connectivity index (χ3n) is 4.61. The molecule has 0 aliphatic heterocycles. The van der Waals surface area contributed by atoms with Gasteiger partial charge in [-0.15, -0.1) is 13.2 Å². The largest absolute Gasteiger partial charge is 0.573 e. The Balaban J connectivity index is 1.72. The number of halogens is 3. The second kappa shape index (κ2) is 4.95. The highest BCUT2D eigenvalue weighted by atomic mass is 19.4. The van der Waals surface area contributed by atoms with E-state index in [1.54, 1.807) is 12.1 Å². The van der Waals surface area contributed by atoms with Crippen LogP contribution < -0.4 is 10.5 Å². The molecule has 2 aliphatic rings. The first-order valence-corrected chi connectivity index (χ1v) is 7.07. The van der Waals surface area contributed by atoms with Gasteiger partial charge in [0.2, 0.25) is 0 Å². The monoisotopic (exact) mass is 285 g/mol. The topological polar surface area (TPSA) is 35.2 Å². The quantitative estimate of drug-likeness (QED) is 0.910. The Bertz CT molecular complexity index is 476. The third kappa shape index (κ3) is 2.77. The number of alkyl halides is 3. The number of nitrogens with two attached hydrogens (primary N) is 1. The Morgan fingerprint density at radius 3 is 2.40 bits per heavy atom. The molecular formula is C15H18F3NO. The zero-order valence-electron chi connectivity index (χ0n) is 11.1. The molecule has 110 valence electrons. The van der Waals surface area contributed by atoms with Crippen molar-refractivity contribution in [3.8, 4) is 5.75 Å². The Labute approximate surface area is 116 Å². The van der Waals surface area contributed by atoms with Crippen molar-refractivity contribution in [1.82, 2.24) is 0 Å². The molecule has 2 saturated carbocycles. The van der Waals surface area contributed by atoms with Crippen LogP contribution in [0.15, 0.2) is 24.3 Å². The molecule has 0 saturated heterocycles. The summed E-state index contributed by atoms with van der Waals surface area (Å²) in [7, 11) is 0. The van der Waals surface area contributed by atoms with E-state index in [1.165, 1.54) is 37.8 Å². The van der Waals surface area contributed by atoms with Gasteiger partial charge in [-0.25, -0.2) is 0 Å². The van der Waals surface area contributed by atoms with E-state index >= 15 is 0 Å². The smallest absolute Gasteiger partial charge is 0.406 e. The summed E-state index contributed by atoms with van der Waals surface area (Å²) in [5, 5.41) is 0. The molecule has 0 radical (unpaired) electrons. The van der Waals surface area contributed by atoms with E-state index in [0.717, 1.165) is 5.56 Å². The van der Waals surface area contributed by atoms with Gasteiger partial charge < -0.3 is 10.5 Å². The van der Waals surface area contributed by atoms with Crippen molar-refractivity contribution in [1.29, 1.82) is 0 Å². The molecule has 3 rings (SSSR count). The average molecular weight is 285 g/mol. The number of hydrogen-bond donors (Lipinski definition) is 1. The van der Waals surface area contributed by atoms with E-state index in [0.29, 0.717) is 17.8 Å². The second-order valence-corrected chi connectivity index (χ2v) is 5.84. The fourth-order valence-corrected chi connectivity index (χ4v) is 3.72. The molecule has 2 nitrogen and oxygen atoms in total. The highest BCUT2D eigenvalue weighted by Crippen LogP contribution is 2.59. The van der Waals surface area contributed by atoms with Gasteiger partial charge in [-0.2, -0.15) is 0 Å². The maximum atomic E-state index is 12.2. The summed E-state index contributed by atoms with van der Waals surface area (Å²) in [6, 6.07) is 5.91. The molecule has 0 aromatic heterocycles. The molecule has 2 fully saturated rings. The highest BCUT2D eigenvalue weighted by Gasteiger charge is 2.53. The van der Waals surface area contributed by atoms with Crippen LogP contribution in [0.5, 0.6) is 5.75 Å². The molecule has 0 spiro atoms. The predicted molar refractivity (Wildman–Crippen MR) is 69.0 cm³/mol. The molecule has 3 unspecified atom stereocenters. The van der Waals surface area contributed by atoms with Crippen LogP contribution in [0.25, 0.3) is 0 Å². The Kier molecular flexibility index (Phi) is 3.40.